The third kappa shape index (κ3) is 3.27. The molecular formula is C18H15ClN2O2. The normalized spacial score (nSPS) is 12.1. The Balaban J connectivity index is 1.91. The molecule has 0 saturated carbocycles. The number of rotatable bonds is 3. The largest absolute Gasteiger partial charge is 0.438 e. The van der Waals surface area contributed by atoms with Crippen molar-refractivity contribution in [2.75, 3.05) is 0 Å². The molecule has 23 heavy (non-hydrogen) atoms. The maximum absolute atomic E-state index is 12.5. The van der Waals surface area contributed by atoms with E-state index in [4.69, 9.17) is 21.4 Å². The van der Waals surface area contributed by atoms with Crippen molar-refractivity contribution in [2.45, 2.75) is 13.0 Å². The fourth-order valence-corrected chi connectivity index (χ4v) is 2.56. The van der Waals surface area contributed by atoms with Gasteiger partial charge in [-0.25, -0.2) is 0 Å². The predicted octanol–water partition coefficient (Wildman–Crippen LogP) is 4.06. The van der Waals surface area contributed by atoms with Crippen LogP contribution < -0.4 is 10.9 Å². The quantitative estimate of drug-likeness (QED) is 0.762. The van der Waals surface area contributed by atoms with Gasteiger partial charge < -0.3 is 9.73 Å². The predicted molar refractivity (Wildman–Crippen MR) is 89.4 cm³/mol. The summed E-state index contributed by atoms with van der Waals surface area (Å²) in [5.74, 6) is -0.350. The molecule has 0 spiro atoms. The molecule has 5 heteroatoms. The maximum atomic E-state index is 12.5. The highest BCUT2D eigenvalue weighted by molar-refractivity contribution is 6.31. The van der Waals surface area contributed by atoms with Gasteiger partial charge in [0, 0.05) is 10.4 Å². The van der Waals surface area contributed by atoms with Crippen molar-refractivity contribution in [1.29, 1.82) is 5.41 Å². The van der Waals surface area contributed by atoms with E-state index in [0.29, 0.717) is 16.0 Å². The van der Waals surface area contributed by atoms with Crippen LogP contribution in [0.1, 0.15) is 28.9 Å². The molecule has 0 aliphatic rings. The second kappa shape index (κ2) is 6.26. The van der Waals surface area contributed by atoms with E-state index in [1.807, 2.05) is 37.3 Å². The van der Waals surface area contributed by atoms with E-state index < -0.39 is 0 Å². The third-order valence-corrected chi connectivity index (χ3v) is 3.86. The summed E-state index contributed by atoms with van der Waals surface area (Å²) in [4.78, 5) is 12.5. The minimum Gasteiger partial charge on any atom is -0.438 e. The molecule has 0 aliphatic heterocycles. The monoisotopic (exact) mass is 326 g/mol. The highest BCUT2D eigenvalue weighted by Gasteiger charge is 2.15. The van der Waals surface area contributed by atoms with Crippen LogP contribution in [0.4, 0.5) is 0 Å². The Morgan fingerprint density at radius 1 is 1.17 bits per heavy atom. The van der Waals surface area contributed by atoms with Crippen molar-refractivity contribution < 1.29 is 9.21 Å². The zero-order chi connectivity index (χ0) is 16.4. The summed E-state index contributed by atoms with van der Waals surface area (Å²) < 4.78 is 5.40. The average Bonchev–Trinajstić information content (AvgIpc) is 2.55. The van der Waals surface area contributed by atoms with E-state index in [1.54, 1.807) is 24.3 Å². The summed E-state index contributed by atoms with van der Waals surface area (Å²) in [6.07, 6.45) is 0. The number of hydrogen-bond donors (Lipinski definition) is 2. The van der Waals surface area contributed by atoms with Crippen LogP contribution in [0.15, 0.2) is 59.0 Å². The summed E-state index contributed by atoms with van der Waals surface area (Å²) in [7, 11) is 0. The Bertz CT molecular complexity index is 919. The van der Waals surface area contributed by atoms with E-state index in [9.17, 15) is 4.79 Å². The molecule has 3 rings (SSSR count). The van der Waals surface area contributed by atoms with Crippen LogP contribution in [0, 0.1) is 5.41 Å². The first-order valence-corrected chi connectivity index (χ1v) is 7.56. The molecule has 3 aromatic rings. The number of hydrogen-bond acceptors (Lipinski definition) is 3. The molecule has 2 aromatic carbocycles. The summed E-state index contributed by atoms with van der Waals surface area (Å²) in [5.41, 5.74) is 1.53. The highest BCUT2D eigenvalue weighted by atomic mass is 35.5. The Morgan fingerprint density at radius 2 is 1.91 bits per heavy atom. The van der Waals surface area contributed by atoms with Crippen molar-refractivity contribution in [3.63, 3.8) is 0 Å². The fourth-order valence-electron chi connectivity index (χ4n) is 2.38. The lowest BCUT2D eigenvalue weighted by molar-refractivity contribution is 0.0935. The summed E-state index contributed by atoms with van der Waals surface area (Å²) in [6.45, 7) is 1.89. The van der Waals surface area contributed by atoms with E-state index >= 15 is 0 Å². The average molecular weight is 327 g/mol. The van der Waals surface area contributed by atoms with Gasteiger partial charge in [-0.3, -0.25) is 10.2 Å². The third-order valence-electron chi connectivity index (χ3n) is 3.62. The topological polar surface area (TPSA) is 66.1 Å². The molecule has 0 bridgehead atoms. The molecule has 0 unspecified atom stereocenters. The zero-order valence-corrected chi connectivity index (χ0v) is 13.2. The molecule has 0 fully saturated rings. The van der Waals surface area contributed by atoms with Crippen LogP contribution in [0.3, 0.4) is 0 Å². The Labute approximate surface area is 138 Å². The van der Waals surface area contributed by atoms with Gasteiger partial charge in [0.1, 0.15) is 11.1 Å². The molecule has 4 nitrogen and oxygen atoms in total. The minimum atomic E-state index is -0.350. The Kier molecular flexibility index (Phi) is 4.17. The second-order valence-electron chi connectivity index (χ2n) is 5.28. The fraction of sp³-hybridized carbons (Fsp3) is 0.111. The Morgan fingerprint density at radius 3 is 2.65 bits per heavy atom. The van der Waals surface area contributed by atoms with E-state index in [0.717, 1.165) is 5.56 Å². The van der Waals surface area contributed by atoms with Crippen LogP contribution in [0.2, 0.25) is 5.02 Å². The summed E-state index contributed by atoms with van der Waals surface area (Å²) in [6, 6.07) is 16.2. The van der Waals surface area contributed by atoms with Crippen LogP contribution in [0.25, 0.3) is 11.0 Å². The number of halogens is 1. The zero-order valence-electron chi connectivity index (χ0n) is 12.5. The smallest absolute Gasteiger partial charge is 0.257 e. The van der Waals surface area contributed by atoms with Crippen molar-refractivity contribution in [2.24, 2.45) is 0 Å². The highest BCUT2D eigenvalue weighted by Crippen LogP contribution is 2.19. The number of carbonyl (C=O) groups is 1. The SMILES string of the molecule is C[C@@H](NC(=O)c1cc2cc(Cl)ccc2oc1=N)c1ccccc1. The van der Waals surface area contributed by atoms with Crippen LogP contribution in [-0.4, -0.2) is 5.91 Å². The van der Waals surface area contributed by atoms with Gasteiger partial charge in [0.25, 0.3) is 5.91 Å². The number of nitrogens with one attached hydrogen (secondary N) is 2. The molecule has 0 saturated heterocycles. The molecule has 1 heterocycles. The lowest BCUT2D eigenvalue weighted by Gasteiger charge is -2.14. The number of benzene rings is 2. The molecule has 116 valence electrons. The summed E-state index contributed by atoms with van der Waals surface area (Å²) >= 11 is 5.97. The standard InChI is InChI=1S/C18H15ClN2O2/c1-11(12-5-3-2-4-6-12)21-18(22)15-10-13-9-14(19)7-8-16(13)23-17(15)20/h2-11,20H,1H3,(H,21,22)/t11-/m1/s1. The van der Waals surface area contributed by atoms with Gasteiger partial charge in [-0.15, -0.1) is 0 Å². The lowest BCUT2D eigenvalue weighted by Crippen LogP contribution is -2.30. The Hall–Kier alpha value is -2.59. The molecule has 0 aliphatic carbocycles. The minimum absolute atomic E-state index is 0.168. The van der Waals surface area contributed by atoms with Crippen LogP contribution >= 0.6 is 11.6 Å². The summed E-state index contributed by atoms with van der Waals surface area (Å²) in [5, 5.41) is 12.0. The number of carbonyl (C=O) groups excluding carboxylic acids is 1. The van der Waals surface area contributed by atoms with Crippen molar-refractivity contribution in [1.82, 2.24) is 5.32 Å². The van der Waals surface area contributed by atoms with Gasteiger partial charge in [-0.2, -0.15) is 0 Å². The van der Waals surface area contributed by atoms with Gasteiger partial charge >= 0.3 is 0 Å². The molecule has 1 atom stereocenters. The lowest BCUT2D eigenvalue weighted by atomic mass is 10.1. The van der Waals surface area contributed by atoms with Crippen molar-refractivity contribution in [3.05, 3.63) is 76.3 Å². The molecule has 2 N–H and O–H groups in total. The first-order chi connectivity index (χ1) is 11.0. The van der Waals surface area contributed by atoms with Crippen molar-refractivity contribution in [3.8, 4) is 0 Å². The van der Waals surface area contributed by atoms with Crippen LogP contribution in [-0.2, 0) is 0 Å². The van der Waals surface area contributed by atoms with E-state index in [1.165, 1.54) is 0 Å². The first-order valence-electron chi connectivity index (χ1n) is 7.18. The number of amides is 1. The van der Waals surface area contributed by atoms with Gasteiger partial charge in [0.05, 0.1) is 6.04 Å². The van der Waals surface area contributed by atoms with Gasteiger partial charge in [-0.05, 0) is 36.8 Å². The van der Waals surface area contributed by atoms with Gasteiger partial charge in [0.2, 0.25) is 5.55 Å². The van der Waals surface area contributed by atoms with E-state index in [-0.39, 0.29) is 23.1 Å². The molecule has 1 aromatic heterocycles. The molecular weight excluding hydrogens is 312 g/mol. The maximum Gasteiger partial charge on any atom is 0.257 e. The first kappa shape index (κ1) is 15.3. The van der Waals surface area contributed by atoms with Gasteiger partial charge in [-0.1, -0.05) is 41.9 Å². The molecule has 1 amide bonds. The molecule has 0 radical (unpaired) electrons. The second-order valence-corrected chi connectivity index (χ2v) is 5.71. The van der Waals surface area contributed by atoms with Crippen molar-refractivity contribution >= 4 is 28.5 Å². The van der Waals surface area contributed by atoms with Crippen LogP contribution in [0.5, 0.6) is 0 Å². The number of fused-ring (bicyclic) bond motifs is 1. The van der Waals surface area contributed by atoms with Gasteiger partial charge in [0.15, 0.2) is 0 Å². The van der Waals surface area contributed by atoms with E-state index in [2.05, 4.69) is 5.32 Å².